The van der Waals surface area contributed by atoms with Crippen LogP contribution in [0.25, 0.3) is 0 Å². The number of hydrogen-bond acceptors (Lipinski definition) is 1. The number of ether oxygens (including phenoxy) is 1. The highest BCUT2D eigenvalue weighted by atomic mass is 19.4. The van der Waals surface area contributed by atoms with Gasteiger partial charge in [0, 0.05) is 0 Å². The first-order chi connectivity index (χ1) is 4.45. The highest BCUT2D eigenvalue weighted by Gasteiger charge is 2.31. The van der Waals surface area contributed by atoms with Gasteiger partial charge in [-0.3, -0.25) is 4.74 Å². The first kappa shape index (κ1) is 9.75. The second-order valence-corrected chi connectivity index (χ2v) is 1.97. The third kappa shape index (κ3) is 5.88. The molecule has 0 aliphatic heterocycles. The quantitative estimate of drug-likeness (QED) is 0.608. The van der Waals surface area contributed by atoms with E-state index in [1.54, 1.807) is 6.92 Å². The van der Waals surface area contributed by atoms with E-state index in [1.807, 2.05) is 0 Å². The molecule has 10 heavy (non-hydrogen) atoms. The highest BCUT2D eigenvalue weighted by molar-refractivity contribution is 4.58. The van der Waals surface area contributed by atoms with E-state index in [0.29, 0.717) is 12.8 Å². The Bertz CT molecular complexity index is 89.5. The van der Waals surface area contributed by atoms with Gasteiger partial charge in [0.2, 0.25) is 0 Å². The van der Waals surface area contributed by atoms with Gasteiger partial charge in [0.05, 0.1) is 6.10 Å². The maximum absolute atomic E-state index is 11.4. The topological polar surface area (TPSA) is 9.23 Å². The molecule has 0 bridgehead atoms. The van der Waals surface area contributed by atoms with Crippen molar-refractivity contribution >= 4 is 0 Å². The summed E-state index contributed by atoms with van der Waals surface area (Å²) in [6.07, 6.45) is -4.53. The van der Waals surface area contributed by atoms with E-state index >= 15 is 0 Å². The van der Waals surface area contributed by atoms with E-state index in [9.17, 15) is 13.2 Å². The summed E-state index contributed by atoms with van der Waals surface area (Å²) >= 11 is 0. The molecule has 0 fully saturated rings. The number of halogens is 3. The summed E-state index contributed by atoms with van der Waals surface area (Å²) in [4.78, 5) is 0. The number of rotatable bonds is 3. The molecule has 1 radical (unpaired) electrons. The van der Waals surface area contributed by atoms with Crippen molar-refractivity contribution in [3.05, 3.63) is 6.92 Å². The van der Waals surface area contributed by atoms with Crippen molar-refractivity contribution in [2.45, 2.75) is 32.2 Å². The summed E-state index contributed by atoms with van der Waals surface area (Å²) in [6, 6.07) is 0. The van der Waals surface area contributed by atoms with Crippen LogP contribution in [0.3, 0.4) is 0 Å². The van der Waals surface area contributed by atoms with Crippen LogP contribution in [0.15, 0.2) is 0 Å². The molecule has 0 spiro atoms. The zero-order valence-corrected chi connectivity index (χ0v) is 5.74. The van der Waals surface area contributed by atoms with E-state index in [0.717, 1.165) is 0 Å². The Morgan fingerprint density at radius 2 is 2.00 bits per heavy atom. The fourth-order valence-electron chi connectivity index (χ4n) is 0.570. The zero-order valence-electron chi connectivity index (χ0n) is 5.74. The fourth-order valence-corrected chi connectivity index (χ4v) is 0.570. The molecular weight excluding hydrogens is 145 g/mol. The SMILES string of the molecule is [CH2]C(CCC)OC(F)(F)F. The lowest BCUT2D eigenvalue weighted by Crippen LogP contribution is -2.21. The fraction of sp³-hybridized carbons (Fsp3) is 0.833. The van der Waals surface area contributed by atoms with E-state index in [-0.39, 0.29) is 0 Å². The largest absolute Gasteiger partial charge is 0.522 e. The predicted molar refractivity (Wildman–Crippen MR) is 31.2 cm³/mol. The molecule has 4 heteroatoms. The number of alkyl halides is 3. The Hall–Kier alpha value is -0.250. The van der Waals surface area contributed by atoms with Crippen LogP contribution < -0.4 is 0 Å². The smallest absolute Gasteiger partial charge is 0.289 e. The summed E-state index contributed by atoms with van der Waals surface area (Å²) in [6.45, 7) is 4.95. The van der Waals surface area contributed by atoms with Crippen LogP contribution >= 0.6 is 0 Å². The predicted octanol–water partition coefficient (Wildman–Crippen LogP) is 2.53. The highest BCUT2D eigenvalue weighted by Crippen LogP contribution is 2.19. The maximum atomic E-state index is 11.4. The van der Waals surface area contributed by atoms with E-state index in [1.165, 1.54) is 0 Å². The van der Waals surface area contributed by atoms with Crippen LogP contribution in [0.4, 0.5) is 13.2 Å². The average Bonchev–Trinajstić information content (AvgIpc) is 1.59. The van der Waals surface area contributed by atoms with Gasteiger partial charge in [0.15, 0.2) is 0 Å². The lowest BCUT2D eigenvalue weighted by atomic mass is 10.2. The molecule has 61 valence electrons. The van der Waals surface area contributed by atoms with Crippen molar-refractivity contribution < 1.29 is 17.9 Å². The lowest BCUT2D eigenvalue weighted by molar-refractivity contribution is -0.337. The van der Waals surface area contributed by atoms with Crippen LogP contribution in [0.1, 0.15) is 19.8 Å². The molecule has 1 atom stereocenters. The molecule has 0 aliphatic carbocycles. The van der Waals surface area contributed by atoms with Crippen LogP contribution in [-0.2, 0) is 4.74 Å². The van der Waals surface area contributed by atoms with E-state index in [2.05, 4.69) is 11.7 Å². The van der Waals surface area contributed by atoms with Crippen molar-refractivity contribution in [2.75, 3.05) is 0 Å². The summed E-state index contributed by atoms with van der Waals surface area (Å²) in [5.74, 6) is 0. The Labute approximate surface area is 58.2 Å². The van der Waals surface area contributed by atoms with Gasteiger partial charge < -0.3 is 0 Å². The molecule has 0 aromatic rings. The Kier molecular flexibility index (Phi) is 3.71. The Morgan fingerprint density at radius 3 is 2.30 bits per heavy atom. The summed E-state index contributed by atoms with van der Waals surface area (Å²) in [7, 11) is 0. The Morgan fingerprint density at radius 1 is 1.50 bits per heavy atom. The van der Waals surface area contributed by atoms with Crippen LogP contribution in [0.2, 0.25) is 0 Å². The van der Waals surface area contributed by atoms with Gasteiger partial charge in [0.1, 0.15) is 0 Å². The summed E-state index contributed by atoms with van der Waals surface area (Å²) in [5.41, 5.74) is 0. The zero-order chi connectivity index (χ0) is 8.20. The van der Waals surface area contributed by atoms with Gasteiger partial charge >= 0.3 is 6.36 Å². The summed E-state index contributed by atoms with van der Waals surface area (Å²) in [5, 5.41) is 0. The minimum absolute atomic E-state index is 0.333. The first-order valence-electron chi connectivity index (χ1n) is 3.03. The van der Waals surface area contributed by atoms with Gasteiger partial charge in [-0.25, -0.2) is 0 Å². The van der Waals surface area contributed by atoms with E-state index in [4.69, 9.17) is 0 Å². The molecule has 0 N–H and O–H groups in total. The van der Waals surface area contributed by atoms with Gasteiger partial charge in [-0.05, 0) is 13.3 Å². The minimum Gasteiger partial charge on any atom is -0.289 e. The van der Waals surface area contributed by atoms with Gasteiger partial charge in [-0.1, -0.05) is 13.3 Å². The average molecular weight is 155 g/mol. The Balaban J connectivity index is 3.47. The van der Waals surface area contributed by atoms with Crippen molar-refractivity contribution in [1.29, 1.82) is 0 Å². The second-order valence-electron chi connectivity index (χ2n) is 1.97. The van der Waals surface area contributed by atoms with Gasteiger partial charge in [-0.2, -0.15) is 0 Å². The van der Waals surface area contributed by atoms with Crippen LogP contribution in [0, 0.1) is 6.92 Å². The van der Waals surface area contributed by atoms with Crippen molar-refractivity contribution in [3.63, 3.8) is 0 Å². The molecule has 0 amide bonds. The molecule has 0 rings (SSSR count). The van der Waals surface area contributed by atoms with Gasteiger partial charge in [0.25, 0.3) is 0 Å². The molecule has 1 unspecified atom stereocenters. The minimum atomic E-state index is -4.54. The lowest BCUT2D eigenvalue weighted by Gasteiger charge is -2.13. The third-order valence-corrected chi connectivity index (χ3v) is 0.911. The molecular formula is C6H10F3O. The van der Waals surface area contributed by atoms with Crippen LogP contribution in [0.5, 0.6) is 0 Å². The first-order valence-corrected chi connectivity index (χ1v) is 3.03. The third-order valence-electron chi connectivity index (χ3n) is 0.911. The molecule has 0 aromatic carbocycles. The second kappa shape index (κ2) is 3.81. The maximum Gasteiger partial charge on any atom is 0.522 e. The molecule has 0 saturated carbocycles. The molecule has 0 heterocycles. The standard InChI is InChI=1S/C6H10F3O/c1-3-4-5(2)10-6(7,8)9/h5H,2-4H2,1H3. The van der Waals surface area contributed by atoms with Crippen molar-refractivity contribution in [2.24, 2.45) is 0 Å². The molecule has 1 nitrogen and oxygen atoms in total. The van der Waals surface area contributed by atoms with Crippen molar-refractivity contribution in [1.82, 2.24) is 0 Å². The summed E-state index contributed by atoms with van der Waals surface area (Å²) < 4.78 is 37.7. The van der Waals surface area contributed by atoms with Crippen molar-refractivity contribution in [3.8, 4) is 0 Å². The molecule has 0 aliphatic rings. The molecule has 0 saturated heterocycles. The van der Waals surface area contributed by atoms with E-state index < -0.39 is 12.5 Å². The van der Waals surface area contributed by atoms with Gasteiger partial charge in [-0.15, -0.1) is 13.2 Å². The monoisotopic (exact) mass is 155 g/mol. The molecule has 0 aromatic heterocycles. The number of hydrogen-bond donors (Lipinski definition) is 0. The van der Waals surface area contributed by atoms with Crippen LogP contribution in [-0.4, -0.2) is 12.5 Å². The normalized spacial score (nSPS) is 15.3.